The van der Waals surface area contributed by atoms with Crippen molar-refractivity contribution >= 4 is 5.91 Å². The zero-order valence-corrected chi connectivity index (χ0v) is 10.1. The van der Waals surface area contributed by atoms with E-state index in [4.69, 9.17) is 0 Å². The fraction of sp³-hybridized carbons (Fsp3) is 0.500. The van der Waals surface area contributed by atoms with Crippen LogP contribution in [0.15, 0.2) is 17.1 Å². The van der Waals surface area contributed by atoms with E-state index in [2.05, 4.69) is 10.3 Å². The summed E-state index contributed by atoms with van der Waals surface area (Å²) in [5.74, 6) is -0.181. The Balaban J connectivity index is 2.22. The molecule has 0 saturated carbocycles. The van der Waals surface area contributed by atoms with Crippen LogP contribution in [0.5, 0.6) is 0 Å². The quantitative estimate of drug-likeness (QED) is 0.726. The predicted octanol–water partition coefficient (Wildman–Crippen LogP) is 0.117. The first kappa shape index (κ1) is 11.9. The second-order valence-electron chi connectivity index (χ2n) is 4.50. The van der Waals surface area contributed by atoms with Crippen LogP contribution in [0.2, 0.25) is 0 Å². The van der Waals surface area contributed by atoms with E-state index < -0.39 is 0 Å². The van der Waals surface area contributed by atoms with Crippen molar-refractivity contribution in [2.24, 2.45) is 0 Å². The Morgan fingerprint density at radius 2 is 2.29 bits per heavy atom. The van der Waals surface area contributed by atoms with Crippen molar-refractivity contribution in [1.29, 1.82) is 0 Å². The van der Waals surface area contributed by atoms with Crippen molar-refractivity contribution in [2.75, 3.05) is 19.6 Å². The smallest absolute Gasteiger partial charge is 0.259 e. The molecular formula is C12H17N3O2. The lowest BCUT2D eigenvalue weighted by molar-refractivity contribution is 0.0707. The summed E-state index contributed by atoms with van der Waals surface area (Å²) in [6.07, 6.45) is 1.51. The molecule has 1 fully saturated rings. The summed E-state index contributed by atoms with van der Waals surface area (Å²) in [6.45, 7) is 5.89. The molecule has 17 heavy (non-hydrogen) atoms. The number of aromatic nitrogens is 1. The number of pyridine rings is 1. The molecule has 0 bridgehead atoms. The van der Waals surface area contributed by atoms with Crippen molar-refractivity contribution in [3.05, 3.63) is 33.7 Å². The van der Waals surface area contributed by atoms with Crippen molar-refractivity contribution in [1.82, 2.24) is 15.2 Å². The molecule has 1 amide bonds. The molecule has 0 aliphatic carbocycles. The molecule has 2 N–H and O–H groups in total. The average molecular weight is 235 g/mol. The maximum atomic E-state index is 12.2. The molecule has 0 aromatic carbocycles. The lowest BCUT2D eigenvalue weighted by Crippen LogP contribution is -2.52. The molecule has 2 rings (SSSR count). The van der Waals surface area contributed by atoms with Crippen LogP contribution >= 0.6 is 0 Å². The number of amides is 1. The van der Waals surface area contributed by atoms with Crippen molar-refractivity contribution < 1.29 is 4.79 Å². The third-order valence-electron chi connectivity index (χ3n) is 2.94. The molecule has 0 spiro atoms. The maximum absolute atomic E-state index is 12.2. The molecule has 1 saturated heterocycles. The fourth-order valence-corrected chi connectivity index (χ4v) is 2.03. The van der Waals surface area contributed by atoms with Gasteiger partial charge in [-0.3, -0.25) is 9.59 Å². The number of H-pyrrole nitrogens is 1. The van der Waals surface area contributed by atoms with Crippen molar-refractivity contribution in [3.8, 4) is 0 Å². The molecule has 1 atom stereocenters. The molecule has 92 valence electrons. The second-order valence-corrected chi connectivity index (χ2v) is 4.50. The average Bonchev–Trinajstić information content (AvgIpc) is 2.28. The van der Waals surface area contributed by atoms with Gasteiger partial charge in [-0.15, -0.1) is 0 Å². The van der Waals surface area contributed by atoms with Gasteiger partial charge < -0.3 is 15.2 Å². The largest absolute Gasteiger partial charge is 0.364 e. The van der Waals surface area contributed by atoms with Gasteiger partial charge in [0, 0.05) is 43.6 Å². The van der Waals surface area contributed by atoms with Gasteiger partial charge in [-0.05, 0) is 13.8 Å². The van der Waals surface area contributed by atoms with Gasteiger partial charge in [-0.25, -0.2) is 0 Å². The Bertz CT molecular complexity index is 481. The van der Waals surface area contributed by atoms with Crippen LogP contribution in [0.25, 0.3) is 0 Å². The highest BCUT2D eigenvalue weighted by molar-refractivity contribution is 5.93. The van der Waals surface area contributed by atoms with Crippen LogP contribution in [0.3, 0.4) is 0 Å². The van der Waals surface area contributed by atoms with E-state index in [0.29, 0.717) is 13.1 Å². The van der Waals surface area contributed by atoms with E-state index in [-0.39, 0.29) is 22.9 Å². The number of hydrogen-bond donors (Lipinski definition) is 2. The van der Waals surface area contributed by atoms with E-state index in [1.54, 1.807) is 11.8 Å². The zero-order valence-electron chi connectivity index (χ0n) is 10.1. The van der Waals surface area contributed by atoms with E-state index in [9.17, 15) is 9.59 Å². The molecule has 1 aliphatic rings. The summed E-state index contributed by atoms with van der Waals surface area (Å²) in [5, 5.41) is 3.26. The number of nitrogens with one attached hydrogen (secondary N) is 2. The first-order valence-electron chi connectivity index (χ1n) is 5.80. The SMILES string of the molecule is Cc1cc(=O)c(C(=O)N2CCN[C@H](C)C2)c[nH]1. The minimum absolute atomic E-state index is 0.181. The highest BCUT2D eigenvalue weighted by Gasteiger charge is 2.23. The molecular weight excluding hydrogens is 218 g/mol. The maximum Gasteiger partial charge on any atom is 0.259 e. The summed E-state index contributed by atoms with van der Waals surface area (Å²) in [6, 6.07) is 1.73. The van der Waals surface area contributed by atoms with Crippen molar-refractivity contribution in [3.63, 3.8) is 0 Å². The summed E-state index contributed by atoms with van der Waals surface area (Å²) in [7, 11) is 0. The van der Waals surface area contributed by atoms with Gasteiger partial charge in [0.25, 0.3) is 5.91 Å². The predicted molar refractivity (Wildman–Crippen MR) is 65.2 cm³/mol. The van der Waals surface area contributed by atoms with Crippen LogP contribution in [0.4, 0.5) is 0 Å². The Morgan fingerprint density at radius 3 is 2.94 bits per heavy atom. The zero-order chi connectivity index (χ0) is 12.4. The van der Waals surface area contributed by atoms with Crippen LogP contribution in [-0.4, -0.2) is 41.5 Å². The van der Waals surface area contributed by atoms with Crippen molar-refractivity contribution in [2.45, 2.75) is 19.9 Å². The Kier molecular flexibility index (Phi) is 3.28. The number of nitrogens with zero attached hydrogens (tertiary/aromatic N) is 1. The van der Waals surface area contributed by atoms with Crippen LogP contribution in [0, 0.1) is 6.92 Å². The minimum Gasteiger partial charge on any atom is -0.364 e. The molecule has 1 aromatic rings. The van der Waals surface area contributed by atoms with Crippen LogP contribution in [-0.2, 0) is 0 Å². The van der Waals surface area contributed by atoms with E-state index in [0.717, 1.165) is 12.2 Å². The van der Waals surface area contributed by atoms with Gasteiger partial charge in [0.15, 0.2) is 5.43 Å². The molecule has 0 unspecified atom stereocenters. The summed E-state index contributed by atoms with van der Waals surface area (Å²) >= 11 is 0. The summed E-state index contributed by atoms with van der Waals surface area (Å²) in [4.78, 5) is 28.5. The van der Waals surface area contributed by atoms with Gasteiger partial charge in [0.1, 0.15) is 5.56 Å². The topological polar surface area (TPSA) is 65.2 Å². The number of carbonyl (C=O) groups is 1. The van der Waals surface area contributed by atoms with Gasteiger partial charge in [0.2, 0.25) is 0 Å². The molecule has 5 nitrogen and oxygen atoms in total. The summed E-state index contributed by atoms with van der Waals surface area (Å²) < 4.78 is 0. The molecule has 2 heterocycles. The Hall–Kier alpha value is -1.62. The number of rotatable bonds is 1. The monoisotopic (exact) mass is 235 g/mol. The van der Waals surface area contributed by atoms with E-state index in [1.165, 1.54) is 12.3 Å². The number of hydrogen-bond acceptors (Lipinski definition) is 3. The molecule has 1 aromatic heterocycles. The molecule has 5 heteroatoms. The first-order valence-corrected chi connectivity index (χ1v) is 5.80. The van der Waals surface area contributed by atoms with Gasteiger partial charge >= 0.3 is 0 Å². The molecule has 0 radical (unpaired) electrons. The Labute approximate surface area is 99.8 Å². The number of carbonyl (C=O) groups excluding carboxylic acids is 1. The normalized spacial score (nSPS) is 20.4. The lowest BCUT2D eigenvalue weighted by Gasteiger charge is -2.31. The van der Waals surface area contributed by atoms with Crippen LogP contribution < -0.4 is 10.7 Å². The number of aromatic amines is 1. The Morgan fingerprint density at radius 1 is 1.53 bits per heavy atom. The molecule has 1 aliphatic heterocycles. The van der Waals surface area contributed by atoms with Crippen LogP contribution in [0.1, 0.15) is 23.0 Å². The highest BCUT2D eigenvalue weighted by Crippen LogP contribution is 2.04. The van der Waals surface area contributed by atoms with Gasteiger partial charge in [0.05, 0.1) is 0 Å². The highest BCUT2D eigenvalue weighted by atomic mass is 16.2. The third-order valence-corrected chi connectivity index (χ3v) is 2.94. The van der Waals surface area contributed by atoms with Gasteiger partial charge in [-0.1, -0.05) is 0 Å². The van der Waals surface area contributed by atoms with Gasteiger partial charge in [-0.2, -0.15) is 0 Å². The number of piperazine rings is 1. The fourth-order valence-electron chi connectivity index (χ4n) is 2.03. The lowest BCUT2D eigenvalue weighted by atomic mass is 10.1. The standard InChI is InChI=1S/C12H17N3O2/c1-8-5-11(16)10(6-14-8)12(17)15-4-3-13-9(2)7-15/h5-6,9,13H,3-4,7H2,1-2H3,(H,14,16)/t9-/m1/s1. The third kappa shape index (κ3) is 2.55. The van der Waals surface area contributed by atoms with E-state index in [1.807, 2.05) is 6.92 Å². The van der Waals surface area contributed by atoms with E-state index >= 15 is 0 Å². The summed E-state index contributed by atoms with van der Waals surface area (Å²) in [5.41, 5.74) is 0.780. The first-order chi connectivity index (χ1) is 8.08. The second kappa shape index (κ2) is 4.71. The minimum atomic E-state index is -0.211. The number of aryl methyl sites for hydroxylation is 1.